The Morgan fingerprint density at radius 2 is 1.27 bits per heavy atom. The van der Waals surface area contributed by atoms with Crippen molar-refractivity contribution in [1.29, 1.82) is 5.26 Å². The zero-order valence-electron chi connectivity index (χ0n) is 28.8. The van der Waals surface area contributed by atoms with E-state index in [0.717, 1.165) is 0 Å². The predicted octanol–water partition coefficient (Wildman–Crippen LogP) is 5.05. The maximum atomic E-state index is 11.5. The van der Waals surface area contributed by atoms with Crippen LogP contribution >= 0.6 is 0 Å². The molecule has 0 aliphatic carbocycles. The second-order valence-corrected chi connectivity index (χ2v) is 11.4. The molecule has 0 amide bonds. The van der Waals surface area contributed by atoms with Gasteiger partial charge in [-0.15, -0.1) is 20.5 Å². The Morgan fingerprint density at radius 3 is 1.77 bits per heavy atom. The highest BCUT2D eigenvalue weighted by molar-refractivity contribution is 5.89. The molecule has 0 radical (unpaired) electrons. The van der Waals surface area contributed by atoms with Crippen molar-refractivity contribution in [2.75, 3.05) is 11.5 Å². The lowest BCUT2D eigenvalue weighted by Gasteiger charge is -2.06. The van der Waals surface area contributed by atoms with Crippen molar-refractivity contribution in [2.45, 2.75) is 13.8 Å². The molecule has 56 heavy (non-hydrogen) atoms. The highest BCUT2D eigenvalue weighted by atomic mass is 16.4. The molecule has 23 heteroatoms. The lowest BCUT2D eigenvalue weighted by Crippen LogP contribution is -2.12. The van der Waals surface area contributed by atoms with Crippen LogP contribution in [0.5, 0.6) is 0 Å². The fraction of sp³-hybridized carbons (Fsp3) is 0.0606. The first-order valence-electron chi connectivity index (χ1n) is 15.8. The predicted molar refractivity (Wildman–Crippen MR) is 193 cm³/mol. The maximum absolute atomic E-state index is 11.5. The van der Waals surface area contributed by atoms with Crippen LogP contribution in [0.1, 0.15) is 37.7 Å². The molecular weight excluding hydrogens is 726 g/mol. The van der Waals surface area contributed by atoms with Gasteiger partial charge < -0.3 is 21.7 Å². The minimum Gasteiger partial charge on any atom is -0.478 e. The summed E-state index contributed by atoms with van der Waals surface area (Å²) in [6.07, 6.45) is 3.73. The Bertz CT molecular complexity index is 2680. The van der Waals surface area contributed by atoms with E-state index in [1.165, 1.54) is 73.8 Å². The summed E-state index contributed by atoms with van der Waals surface area (Å²) < 4.78 is 4.92. The van der Waals surface area contributed by atoms with Gasteiger partial charge in [0.05, 0.1) is 52.9 Å². The minimum absolute atomic E-state index is 0.00584. The molecule has 0 aliphatic heterocycles. The number of hydrogen-bond donors (Lipinski definition) is 4. The average molecular weight is 750 g/mol. The molecule has 0 saturated heterocycles. The van der Waals surface area contributed by atoms with Crippen LogP contribution in [-0.4, -0.2) is 76.2 Å². The Hall–Kier alpha value is -8.99. The fourth-order valence-corrected chi connectivity index (χ4v) is 5.25. The van der Waals surface area contributed by atoms with Gasteiger partial charge >= 0.3 is 11.9 Å². The van der Waals surface area contributed by atoms with Crippen molar-refractivity contribution >= 4 is 52.3 Å². The molecular formula is C33H23N19O4. The molecule has 7 rings (SSSR count). The quantitative estimate of drug-likeness (QED) is 0.105. The number of rotatable bonds is 10. The number of nitrogen functional groups attached to an aromatic ring is 2. The summed E-state index contributed by atoms with van der Waals surface area (Å²) in [6.45, 7) is 10.8. The number of hydrogen-bond acceptors (Lipinski definition) is 16. The topological polar surface area (TPSA) is 314 Å². The molecule has 5 aromatic heterocycles. The number of aromatic nitrogens is 11. The summed E-state index contributed by atoms with van der Waals surface area (Å²) in [5.74, 6) is -2.38. The molecule has 0 aliphatic rings. The summed E-state index contributed by atoms with van der Waals surface area (Å²) in [5.41, 5.74) is 14.6. The van der Waals surface area contributed by atoms with E-state index in [-0.39, 0.29) is 68.9 Å². The molecule has 5 heterocycles. The van der Waals surface area contributed by atoms with Crippen molar-refractivity contribution in [3.05, 3.63) is 107 Å². The normalized spacial score (nSPS) is 11.3. The van der Waals surface area contributed by atoms with E-state index in [1.54, 1.807) is 26.0 Å². The summed E-state index contributed by atoms with van der Waals surface area (Å²) >= 11 is 0. The number of aromatic carboxylic acids is 2. The third kappa shape index (κ3) is 6.37. The second kappa shape index (κ2) is 14.2. The number of carboxylic acid groups (broad SMARTS) is 2. The van der Waals surface area contributed by atoms with Crippen LogP contribution in [0.3, 0.4) is 0 Å². The van der Waals surface area contributed by atoms with Crippen molar-refractivity contribution in [3.63, 3.8) is 0 Å². The number of nitrogens with zero attached hydrogens (tertiary/aromatic N) is 17. The number of benzene rings is 2. The van der Waals surface area contributed by atoms with Gasteiger partial charge in [0.25, 0.3) is 17.6 Å². The SMILES string of the molecule is [C-]#[N+]c1cnn(-c2cccc(C(=O)O)c2)c1/N=N/c1c(C)nn(-c2ncnc(-n3nc(C)c(/N=N/c4c(C#N)cnn4-c4cccc(C(=O)O)c4)c3N)n2)c1N. The number of nitrogens with two attached hydrogens (primary N) is 2. The van der Waals surface area contributed by atoms with E-state index in [0.29, 0.717) is 22.8 Å². The van der Waals surface area contributed by atoms with E-state index in [2.05, 4.69) is 60.6 Å². The summed E-state index contributed by atoms with van der Waals surface area (Å²) in [6, 6.07) is 13.8. The van der Waals surface area contributed by atoms with Gasteiger partial charge in [-0.1, -0.05) is 12.1 Å². The standard InChI is InChI=1S/C33H23N19O4/c1-16-24(43-45-28-20(12-34)13-40-49(28)21-8-4-6-18(10-21)30(53)54)26(35)51(47-16)32-38-15-39-33(42-32)52-27(36)25(17(2)48-52)44-46-29-23(37-3)14-41-50(29)22-9-5-7-19(11-22)31(55)56/h4-11,13-15H,35-36H2,1-2H3,(H,53,54)(H,55,56)/b45-43+,46-44+. The van der Waals surface area contributed by atoms with E-state index in [1.807, 2.05) is 6.07 Å². The van der Waals surface area contributed by atoms with Crippen molar-refractivity contribution < 1.29 is 19.8 Å². The van der Waals surface area contributed by atoms with Gasteiger partial charge in [0.2, 0.25) is 0 Å². The lowest BCUT2D eigenvalue weighted by atomic mass is 10.2. The zero-order chi connectivity index (χ0) is 39.7. The first-order valence-corrected chi connectivity index (χ1v) is 15.8. The molecule has 0 saturated carbocycles. The highest BCUT2D eigenvalue weighted by Gasteiger charge is 2.22. The summed E-state index contributed by atoms with van der Waals surface area (Å²) in [7, 11) is 0. The Morgan fingerprint density at radius 1 is 0.768 bits per heavy atom. The van der Waals surface area contributed by atoms with Crippen LogP contribution in [0.4, 0.5) is 40.3 Å². The third-order valence-electron chi connectivity index (χ3n) is 7.93. The molecule has 0 atom stereocenters. The highest BCUT2D eigenvalue weighted by Crippen LogP contribution is 2.36. The second-order valence-electron chi connectivity index (χ2n) is 11.4. The molecule has 0 bridgehead atoms. The molecule has 0 unspecified atom stereocenters. The lowest BCUT2D eigenvalue weighted by molar-refractivity contribution is 0.0686. The monoisotopic (exact) mass is 749 g/mol. The van der Waals surface area contributed by atoms with E-state index >= 15 is 0 Å². The molecule has 0 spiro atoms. The number of nitriles is 1. The van der Waals surface area contributed by atoms with Crippen LogP contribution in [0.2, 0.25) is 0 Å². The van der Waals surface area contributed by atoms with E-state index in [4.69, 9.17) is 18.0 Å². The van der Waals surface area contributed by atoms with Gasteiger partial charge in [0, 0.05) is 0 Å². The summed E-state index contributed by atoms with van der Waals surface area (Å²) in [4.78, 5) is 39.3. The summed E-state index contributed by atoms with van der Waals surface area (Å²) in [5, 5.41) is 62.7. The Labute approximate surface area is 313 Å². The number of carbonyl (C=O) groups is 2. The van der Waals surface area contributed by atoms with Crippen LogP contribution < -0.4 is 11.5 Å². The Kier molecular flexibility index (Phi) is 8.98. The molecule has 0 fully saturated rings. The first-order chi connectivity index (χ1) is 27.0. The number of carboxylic acids is 2. The Balaban J connectivity index is 1.19. The fourth-order valence-electron chi connectivity index (χ4n) is 5.25. The zero-order valence-corrected chi connectivity index (χ0v) is 28.8. The molecule has 23 nitrogen and oxygen atoms in total. The number of anilines is 2. The third-order valence-corrected chi connectivity index (χ3v) is 7.93. The van der Waals surface area contributed by atoms with Crippen molar-refractivity contribution in [3.8, 4) is 29.3 Å². The van der Waals surface area contributed by atoms with Crippen molar-refractivity contribution in [1.82, 2.24) is 54.1 Å². The molecule has 274 valence electrons. The molecule has 7 aromatic rings. The number of aryl methyl sites for hydroxylation is 2. The van der Waals surface area contributed by atoms with Crippen LogP contribution in [-0.2, 0) is 0 Å². The van der Waals surface area contributed by atoms with Gasteiger partial charge in [-0.05, 0) is 50.2 Å². The van der Waals surface area contributed by atoms with Crippen molar-refractivity contribution in [2.24, 2.45) is 20.5 Å². The van der Waals surface area contributed by atoms with Gasteiger partial charge in [-0.25, -0.2) is 23.8 Å². The van der Waals surface area contributed by atoms with Gasteiger partial charge in [0.1, 0.15) is 18.0 Å². The van der Waals surface area contributed by atoms with Crippen LogP contribution in [0.25, 0.3) is 28.1 Å². The number of azo groups is 2. The van der Waals surface area contributed by atoms with E-state index in [9.17, 15) is 25.1 Å². The smallest absolute Gasteiger partial charge is 0.335 e. The average Bonchev–Trinajstić information content (AvgIpc) is 3.96. The van der Waals surface area contributed by atoms with E-state index < -0.39 is 11.9 Å². The minimum atomic E-state index is -1.14. The van der Waals surface area contributed by atoms with Gasteiger partial charge in [-0.2, -0.15) is 50.0 Å². The molecule has 2 aromatic carbocycles. The van der Waals surface area contributed by atoms with Gasteiger partial charge in [-0.3, -0.25) is 0 Å². The van der Waals surface area contributed by atoms with Gasteiger partial charge in [0.15, 0.2) is 34.6 Å². The van der Waals surface area contributed by atoms with Crippen LogP contribution in [0, 0.1) is 31.8 Å². The maximum Gasteiger partial charge on any atom is 0.335 e. The van der Waals surface area contributed by atoms with Crippen LogP contribution in [0.15, 0.2) is 87.7 Å². The first kappa shape index (κ1) is 35.4. The largest absolute Gasteiger partial charge is 0.478 e. The molecule has 6 N–H and O–H groups in total.